The highest BCUT2D eigenvalue weighted by Crippen LogP contribution is 2.20. The first-order valence-corrected chi connectivity index (χ1v) is 4.36. The molecule has 0 atom stereocenters. The molecule has 14 heavy (non-hydrogen) atoms. The van der Waals surface area contributed by atoms with Crippen LogP contribution in [0.4, 0.5) is 5.69 Å². The molecule has 0 aromatic heterocycles. The number of anilines is 1. The number of hydrogen-bond donors (Lipinski definition) is 0. The van der Waals surface area contributed by atoms with E-state index >= 15 is 0 Å². The van der Waals surface area contributed by atoms with E-state index in [1.807, 2.05) is 19.1 Å². The van der Waals surface area contributed by atoms with Crippen molar-refractivity contribution in [3.05, 3.63) is 29.3 Å². The summed E-state index contributed by atoms with van der Waals surface area (Å²) in [6.07, 6.45) is 0.696. The predicted octanol–water partition coefficient (Wildman–Crippen LogP) is 1.79. The van der Waals surface area contributed by atoms with Gasteiger partial charge in [-0.15, -0.1) is 0 Å². The topological polar surface area (TPSA) is 37.4 Å². The van der Waals surface area contributed by atoms with Crippen molar-refractivity contribution in [2.45, 2.75) is 13.8 Å². The standard InChI is InChI=1S/C11H13NO2/c1-8-4-5-10(9(2)14)11(6-8)12(3)7-13/h4-7H,1-3H3. The summed E-state index contributed by atoms with van der Waals surface area (Å²) in [5.74, 6) is -0.0336. The van der Waals surface area contributed by atoms with E-state index in [2.05, 4.69) is 0 Å². The molecule has 0 fully saturated rings. The molecule has 0 radical (unpaired) electrons. The largest absolute Gasteiger partial charge is 0.317 e. The zero-order valence-electron chi connectivity index (χ0n) is 8.57. The van der Waals surface area contributed by atoms with Gasteiger partial charge in [0.1, 0.15) is 0 Å². The van der Waals surface area contributed by atoms with Gasteiger partial charge in [-0.3, -0.25) is 9.59 Å². The Morgan fingerprint density at radius 3 is 2.57 bits per heavy atom. The maximum absolute atomic E-state index is 11.3. The van der Waals surface area contributed by atoms with Crippen LogP contribution in [0, 0.1) is 6.92 Å². The zero-order valence-corrected chi connectivity index (χ0v) is 8.57. The first kappa shape index (κ1) is 10.4. The van der Waals surface area contributed by atoms with Gasteiger partial charge in [0.2, 0.25) is 6.41 Å². The lowest BCUT2D eigenvalue weighted by atomic mass is 10.1. The van der Waals surface area contributed by atoms with Crippen LogP contribution < -0.4 is 4.90 Å². The van der Waals surface area contributed by atoms with Crippen molar-refractivity contribution in [2.24, 2.45) is 0 Å². The highest BCUT2D eigenvalue weighted by atomic mass is 16.1. The third-order valence-corrected chi connectivity index (χ3v) is 2.07. The molecule has 0 spiro atoms. The first-order chi connectivity index (χ1) is 6.56. The van der Waals surface area contributed by atoms with Crippen molar-refractivity contribution in [1.29, 1.82) is 0 Å². The molecule has 0 aliphatic rings. The van der Waals surface area contributed by atoms with Gasteiger partial charge in [0.15, 0.2) is 5.78 Å². The minimum atomic E-state index is -0.0336. The highest BCUT2D eigenvalue weighted by Gasteiger charge is 2.10. The Kier molecular flexibility index (Phi) is 3.02. The van der Waals surface area contributed by atoms with E-state index in [0.29, 0.717) is 17.7 Å². The van der Waals surface area contributed by atoms with Gasteiger partial charge in [0.25, 0.3) is 0 Å². The molecule has 0 aliphatic carbocycles. The van der Waals surface area contributed by atoms with E-state index in [0.717, 1.165) is 5.56 Å². The zero-order chi connectivity index (χ0) is 10.7. The Morgan fingerprint density at radius 1 is 1.43 bits per heavy atom. The van der Waals surface area contributed by atoms with E-state index < -0.39 is 0 Å². The molecular weight excluding hydrogens is 178 g/mol. The molecule has 3 nitrogen and oxygen atoms in total. The summed E-state index contributed by atoms with van der Waals surface area (Å²) in [7, 11) is 1.63. The van der Waals surface area contributed by atoms with Crippen molar-refractivity contribution in [2.75, 3.05) is 11.9 Å². The van der Waals surface area contributed by atoms with E-state index in [1.165, 1.54) is 11.8 Å². The monoisotopic (exact) mass is 191 g/mol. The Morgan fingerprint density at radius 2 is 2.07 bits per heavy atom. The van der Waals surface area contributed by atoms with Gasteiger partial charge in [0.05, 0.1) is 5.69 Å². The van der Waals surface area contributed by atoms with Crippen molar-refractivity contribution in [1.82, 2.24) is 0 Å². The van der Waals surface area contributed by atoms with Crippen LogP contribution in [0.15, 0.2) is 18.2 Å². The van der Waals surface area contributed by atoms with Crippen LogP contribution in [0.2, 0.25) is 0 Å². The molecule has 74 valence electrons. The molecule has 1 aromatic rings. The molecule has 0 unspecified atom stereocenters. The van der Waals surface area contributed by atoms with Gasteiger partial charge in [0, 0.05) is 12.6 Å². The number of hydrogen-bond acceptors (Lipinski definition) is 2. The maximum atomic E-state index is 11.3. The van der Waals surface area contributed by atoms with E-state index in [1.54, 1.807) is 13.1 Å². The fourth-order valence-electron chi connectivity index (χ4n) is 1.29. The van der Waals surface area contributed by atoms with E-state index in [4.69, 9.17) is 0 Å². The van der Waals surface area contributed by atoms with Gasteiger partial charge in [-0.25, -0.2) is 0 Å². The van der Waals surface area contributed by atoms with Crippen LogP contribution in [0.3, 0.4) is 0 Å². The molecule has 3 heteroatoms. The van der Waals surface area contributed by atoms with Gasteiger partial charge in [-0.05, 0) is 31.5 Å². The fraction of sp³-hybridized carbons (Fsp3) is 0.273. The van der Waals surface area contributed by atoms with Crippen LogP contribution >= 0.6 is 0 Å². The second kappa shape index (κ2) is 4.05. The molecule has 0 aliphatic heterocycles. The van der Waals surface area contributed by atoms with Crippen LogP contribution in [0.1, 0.15) is 22.8 Å². The minimum Gasteiger partial charge on any atom is -0.317 e. The van der Waals surface area contributed by atoms with Crippen molar-refractivity contribution in [3.8, 4) is 0 Å². The highest BCUT2D eigenvalue weighted by molar-refractivity contribution is 6.01. The summed E-state index contributed by atoms with van der Waals surface area (Å²) in [4.78, 5) is 23.3. The lowest BCUT2D eigenvalue weighted by Crippen LogP contribution is -2.17. The number of amides is 1. The predicted molar refractivity (Wildman–Crippen MR) is 55.7 cm³/mol. The van der Waals surface area contributed by atoms with Crippen LogP contribution in [-0.2, 0) is 4.79 Å². The molecule has 1 rings (SSSR count). The van der Waals surface area contributed by atoms with Gasteiger partial charge in [-0.1, -0.05) is 6.07 Å². The number of carbonyl (C=O) groups is 2. The van der Waals surface area contributed by atoms with Gasteiger partial charge in [-0.2, -0.15) is 0 Å². The summed E-state index contributed by atoms with van der Waals surface area (Å²) in [5.41, 5.74) is 2.26. The summed E-state index contributed by atoms with van der Waals surface area (Å²) >= 11 is 0. The van der Waals surface area contributed by atoms with Crippen molar-refractivity contribution >= 4 is 17.9 Å². The van der Waals surface area contributed by atoms with E-state index in [9.17, 15) is 9.59 Å². The Balaban J connectivity index is 3.29. The Hall–Kier alpha value is -1.64. The minimum absolute atomic E-state index is 0.0336. The number of Topliss-reactive ketones (excluding diaryl/α,β-unsaturated/α-hetero) is 1. The van der Waals surface area contributed by atoms with Crippen LogP contribution in [0.5, 0.6) is 0 Å². The number of rotatable bonds is 3. The summed E-state index contributed by atoms with van der Waals surface area (Å²) in [5, 5.41) is 0. The van der Waals surface area contributed by atoms with Crippen molar-refractivity contribution < 1.29 is 9.59 Å². The molecule has 1 aromatic carbocycles. The average Bonchev–Trinajstić information content (AvgIpc) is 2.16. The average molecular weight is 191 g/mol. The lowest BCUT2D eigenvalue weighted by Gasteiger charge is -2.14. The smallest absolute Gasteiger partial charge is 0.213 e. The number of benzene rings is 1. The molecule has 0 heterocycles. The quantitative estimate of drug-likeness (QED) is 0.539. The van der Waals surface area contributed by atoms with Crippen molar-refractivity contribution in [3.63, 3.8) is 0 Å². The molecule has 0 saturated heterocycles. The summed E-state index contributed by atoms with van der Waals surface area (Å²) < 4.78 is 0. The van der Waals surface area contributed by atoms with Crippen LogP contribution in [0.25, 0.3) is 0 Å². The third-order valence-electron chi connectivity index (χ3n) is 2.07. The molecule has 0 saturated carbocycles. The second-order valence-corrected chi connectivity index (χ2v) is 3.29. The first-order valence-electron chi connectivity index (χ1n) is 4.36. The Labute approximate surface area is 83.3 Å². The number of ketones is 1. The number of carbonyl (C=O) groups excluding carboxylic acids is 2. The number of aryl methyl sites for hydroxylation is 1. The maximum Gasteiger partial charge on any atom is 0.213 e. The number of nitrogens with zero attached hydrogens (tertiary/aromatic N) is 1. The van der Waals surface area contributed by atoms with Crippen LogP contribution in [-0.4, -0.2) is 19.2 Å². The third kappa shape index (κ3) is 1.99. The SMILES string of the molecule is CC(=O)c1ccc(C)cc1N(C)C=O. The molecule has 0 N–H and O–H groups in total. The summed E-state index contributed by atoms with van der Waals surface area (Å²) in [6.45, 7) is 3.42. The normalized spacial score (nSPS) is 9.64. The summed E-state index contributed by atoms with van der Waals surface area (Å²) in [6, 6.07) is 5.43. The fourth-order valence-corrected chi connectivity index (χ4v) is 1.29. The molecular formula is C11H13NO2. The second-order valence-electron chi connectivity index (χ2n) is 3.29. The van der Waals surface area contributed by atoms with Gasteiger partial charge >= 0.3 is 0 Å². The van der Waals surface area contributed by atoms with Gasteiger partial charge < -0.3 is 4.90 Å². The molecule has 1 amide bonds. The molecule has 0 bridgehead atoms. The van der Waals surface area contributed by atoms with E-state index in [-0.39, 0.29) is 5.78 Å². The lowest BCUT2D eigenvalue weighted by molar-refractivity contribution is -0.107. The Bertz CT molecular complexity index is 372.